The molecule has 1 atom stereocenters. The molecule has 0 amide bonds. The summed E-state index contributed by atoms with van der Waals surface area (Å²) < 4.78 is 38.1. The topological polar surface area (TPSA) is 38.0 Å². The van der Waals surface area contributed by atoms with Gasteiger partial charge in [-0.1, -0.05) is 33.0 Å². The van der Waals surface area contributed by atoms with Crippen molar-refractivity contribution in [1.82, 2.24) is 0 Å². The normalized spacial score (nSPS) is 13.9. The van der Waals surface area contributed by atoms with Crippen molar-refractivity contribution >= 4 is 22.9 Å². The van der Waals surface area contributed by atoms with Gasteiger partial charge in [0.25, 0.3) is 0 Å². The van der Waals surface area contributed by atoms with Crippen LogP contribution in [0.25, 0.3) is 0 Å². The predicted octanol–water partition coefficient (Wildman–Crippen LogP) is 4.19. The molecule has 0 fully saturated rings. The van der Waals surface area contributed by atoms with Crippen LogP contribution in [0.4, 0.5) is 18.9 Å². The monoisotopic (exact) mass is 304 g/mol. The number of rotatable bonds is 3. The highest BCUT2D eigenvalue weighted by Crippen LogP contribution is 2.33. The quantitative estimate of drug-likeness (QED) is 0.823. The smallest absolute Gasteiger partial charge is 0.389 e. The van der Waals surface area contributed by atoms with E-state index in [0.29, 0.717) is 5.69 Å². The van der Waals surface area contributed by atoms with E-state index in [2.05, 4.69) is 5.32 Å². The lowest BCUT2D eigenvalue weighted by Gasteiger charge is -2.30. The van der Waals surface area contributed by atoms with E-state index >= 15 is 0 Å². The number of anilines is 1. The second-order valence-corrected chi connectivity index (χ2v) is 6.29. The fourth-order valence-electron chi connectivity index (χ4n) is 1.50. The molecule has 0 spiro atoms. The van der Waals surface area contributed by atoms with Gasteiger partial charge in [-0.15, -0.1) is 0 Å². The third-order valence-corrected chi connectivity index (χ3v) is 3.50. The van der Waals surface area contributed by atoms with Crippen molar-refractivity contribution in [2.75, 3.05) is 5.32 Å². The summed E-state index contributed by atoms with van der Waals surface area (Å²) in [5.41, 5.74) is 5.47. The highest BCUT2D eigenvalue weighted by molar-refractivity contribution is 7.80. The molecular weight excluding hydrogens is 285 g/mol. The first-order chi connectivity index (χ1) is 8.93. The summed E-state index contributed by atoms with van der Waals surface area (Å²) in [5, 5.41) is 3.18. The zero-order valence-electron chi connectivity index (χ0n) is 11.9. The van der Waals surface area contributed by atoms with Gasteiger partial charge in [-0.05, 0) is 30.5 Å². The third kappa shape index (κ3) is 4.10. The Morgan fingerprint density at radius 3 is 2.20 bits per heavy atom. The molecule has 0 radical (unpaired) electrons. The van der Waals surface area contributed by atoms with Crippen LogP contribution in [0.15, 0.2) is 18.2 Å². The molecule has 0 saturated carbocycles. The van der Waals surface area contributed by atoms with Crippen LogP contribution >= 0.6 is 12.2 Å². The van der Waals surface area contributed by atoms with Crippen LogP contribution in [0, 0.1) is 5.41 Å². The van der Waals surface area contributed by atoms with E-state index in [1.165, 1.54) is 6.07 Å². The van der Waals surface area contributed by atoms with Crippen molar-refractivity contribution in [2.24, 2.45) is 11.1 Å². The molecule has 1 aromatic rings. The molecule has 3 N–H and O–H groups in total. The van der Waals surface area contributed by atoms with Gasteiger partial charge in [0.2, 0.25) is 0 Å². The van der Waals surface area contributed by atoms with E-state index in [4.69, 9.17) is 18.0 Å². The minimum Gasteiger partial charge on any atom is -0.389 e. The Hall–Kier alpha value is -1.30. The Labute approximate surface area is 122 Å². The van der Waals surface area contributed by atoms with Crippen LogP contribution in [0.2, 0.25) is 0 Å². The molecule has 1 rings (SSSR count). The van der Waals surface area contributed by atoms with Crippen molar-refractivity contribution in [1.29, 1.82) is 0 Å². The maximum Gasteiger partial charge on any atom is 0.416 e. The van der Waals surface area contributed by atoms with E-state index < -0.39 is 11.7 Å². The summed E-state index contributed by atoms with van der Waals surface area (Å²) in [5.74, 6) is 0. The number of nitrogens with one attached hydrogen (secondary N) is 1. The Bertz CT molecular complexity index is 504. The van der Waals surface area contributed by atoms with E-state index in [-0.39, 0.29) is 22.0 Å². The average Bonchev–Trinajstić information content (AvgIpc) is 2.26. The van der Waals surface area contributed by atoms with Gasteiger partial charge in [0.1, 0.15) is 4.99 Å². The van der Waals surface area contributed by atoms with Crippen LogP contribution in [-0.4, -0.2) is 11.0 Å². The van der Waals surface area contributed by atoms with Crippen LogP contribution in [-0.2, 0) is 6.18 Å². The lowest BCUT2D eigenvalue weighted by molar-refractivity contribution is -0.137. The van der Waals surface area contributed by atoms with E-state index in [1.54, 1.807) is 0 Å². The molecule has 0 aliphatic carbocycles. The molecule has 0 bridgehead atoms. The SMILES string of the molecule is CC(Nc1ccc(C(F)(F)F)cc1C(N)=S)C(C)(C)C. The van der Waals surface area contributed by atoms with Crippen molar-refractivity contribution in [3.63, 3.8) is 0 Å². The molecule has 20 heavy (non-hydrogen) atoms. The summed E-state index contributed by atoms with van der Waals surface area (Å²) in [6, 6.07) is 3.44. The first kappa shape index (κ1) is 16.8. The first-order valence-corrected chi connectivity index (χ1v) is 6.61. The zero-order chi connectivity index (χ0) is 15.7. The summed E-state index contributed by atoms with van der Waals surface area (Å²) in [4.78, 5) is -0.0558. The van der Waals surface area contributed by atoms with Gasteiger partial charge in [-0.25, -0.2) is 0 Å². The Morgan fingerprint density at radius 1 is 1.25 bits per heavy atom. The highest BCUT2D eigenvalue weighted by Gasteiger charge is 2.31. The van der Waals surface area contributed by atoms with Gasteiger partial charge in [0.15, 0.2) is 0 Å². The summed E-state index contributed by atoms with van der Waals surface area (Å²) in [6.45, 7) is 8.07. The van der Waals surface area contributed by atoms with Gasteiger partial charge in [-0.3, -0.25) is 0 Å². The lowest BCUT2D eigenvalue weighted by Crippen LogP contribution is -2.31. The second kappa shape index (κ2) is 5.60. The number of nitrogens with two attached hydrogens (primary N) is 1. The number of alkyl halides is 3. The molecule has 2 nitrogen and oxygen atoms in total. The Kier molecular flexibility index (Phi) is 4.69. The maximum absolute atomic E-state index is 12.7. The van der Waals surface area contributed by atoms with Crippen LogP contribution in [0.5, 0.6) is 0 Å². The highest BCUT2D eigenvalue weighted by atomic mass is 32.1. The molecule has 0 aliphatic heterocycles. The van der Waals surface area contributed by atoms with Crippen LogP contribution < -0.4 is 11.1 Å². The minimum absolute atomic E-state index is 0.0455. The van der Waals surface area contributed by atoms with Gasteiger partial charge in [-0.2, -0.15) is 13.2 Å². The first-order valence-electron chi connectivity index (χ1n) is 6.20. The molecule has 1 aromatic carbocycles. The Morgan fingerprint density at radius 2 is 1.80 bits per heavy atom. The van der Waals surface area contributed by atoms with Gasteiger partial charge >= 0.3 is 6.18 Å². The molecule has 0 saturated heterocycles. The van der Waals surface area contributed by atoms with Gasteiger partial charge in [0.05, 0.1) is 5.56 Å². The molecule has 0 heterocycles. The van der Waals surface area contributed by atoms with Crippen molar-refractivity contribution in [3.8, 4) is 0 Å². The molecule has 0 aliphatic rings. The van der Waals surface area contributed by atoms with Crippen LogP contribution in [0.3, 0.4) is 0 Å². The number of hydrogen-bond acceptors (Lipinski definition) is 2. The maximum atomic E-state index is 12.7. The Balaban J connectivity index is 3.18. The van der Waals surface area contributed by atoms with Crippen LogP contribution in [0.1, 0.15) is 38.8 Å². The third-order valence-electron chi connectivity index (χ3n) is 3.28. The summed E-state index contributed by atoms with van der Waals surface area (Å²) in [7, 11) is 0. The average molecular weight is 304 g/mol. The molecule has 6 heteroatoms. The standard InChI is InChI=1S/C14H19F3N2S/c1-8(13(2,3)4)19-11-6-5-9(14(15,16)17)7-10(11)12(18)20/h5-8,19H,1-4H3,(H2,18,20). The number of thiocarbonyl (C=S) groups is 1. The molecule has 1 unspecified atom stereocenters. The number of halogens is 3. The zero-order valence-corrected chi connectivity index (χ0v) is 12.7. The molecule has 0 aromatic heterocycles. The fourth-order valence-corrected chi connectivity index (χ4v) is 1.67. The van der Waals surface area contributed by atoms with Crippen molar-refractivity contribution in [3.05, 3.63) is 29.3 Å². The van der Waals surface area contributed by atoms with Crippen molar-refractivity contribution in [2.45, 2.75) is 39.9 Å². The fraction of sp³-hybridized carbons (Fsp3) is 0.500. The van der Waals surface area contributed by atoms with Gasteiger partial charge < -0.3 is 11.1 Å². The lowest BCUT2D eigenvalue weighted by atomic mass is 9.87. The minimum atomic E-state index is -4.41. The van der Waals surface area contributed by atoms with Crippen molar-refractivity contribution < 1.29 is 13.2 Å². The molecular formula is C14H19F3N2S. The van der Waals surface area contributed by atoms with Gasteiger partial charge in [0, 0.05) is 17.3 Å². The molecule has 112 valence electrons. The predicted molar refractivity (Wildman–Crippen MR) is 79.9 cm³/mol. The van der Waals surface area contributed by atoms with E-state index in [9.17, 15) is 13.2 Å². The van der Waals surface area contributed by atoms with E-state index in [1.807, 2.05) is 27.7 Å². The number of hydrogen-bond donors (Lipinski definition) is 2. The summed E-state index contributed by atoms with van der Waals surface area (Å²) >= 11 is 4.85. The second-order valence-electron chi connectivity index (χ2n) is 5.85. The number of benzene rings is 1. The summed E-state index contributed by atoms with van der Waals surface area (Å²) in [6.07, 6.45) is -4.41. The largest absolute Gasteiger partial charge is 0.416 e. The van der Waals surface area contributed by atoms with E-state index in [0.717, 1.165) is 12.1 Å².